The van der Waals surface area contributed by atoms with Gasteiger partial charge in [-0.1, -0.05) is 0 Å². The van der Waals surface area contributed by atoms with Crippen molar-refractivity contribution in [1.29, 1.82) is 0 Å². The van der Waals surface area contributed by atoms with E-state index in [1.54, 1.807) is 6.20 Å². The fraction of sp³-hybridized carbons (Fsp3) is 0.455. The molecule has 1 atom stereocenters. The van der Waals surface area contributed by atoms with Crippen molar-refractivity contribution in [2.24, 2.45) is 12.8 Å². The van der Waals surface area contributed by atoms with Crippen LogP contribution in [0.25, 0.3) is 0 Å². The van der Waals surface area contributed by atoms with Gasteiger partial charge in [-0.05, 0) is 13.8 Å². The lowest BCUT2D eigenvalue weighted by molar-refractivity contribution is 0.652. The van der Waals surface area contributed by atoms with Crippen LogP contribution in [0.5, 0.6) is 0 Å². The van der Waals surface area contributed by atoms with Gasteiger partial charge in [0.15, 0.2) is 0 Å². The van der Waals surface area contributed by atoms with E-state index < -0.39 is 0 Å². The third kappa shape index (κ3) is 1.63. The Balaban J connectivity index is 2.39. The van der Waals surface area contributed by atoms with E-state index in [1.165, 1.54) is 0 Å². The van der Waals surface area contributed by atoms with Gasteiger partial charge in [0.2, 0.25) is 0 Å². The molecule has 2 N–H and O–H groups in total. The minimum atomic E-state index is -0.205. The molecule has 5 nitrogen and oxygen atoms in total. The van der Waals surface area contributed by atoms with Crippen molar-refractivity contribution in [1.82, 2.24) is 19.3 Å². The third-order valence-electron chi connectivity index (χ3n) is 2.97. The highest BCUT2D eigenvalue weighted by molar-refractivity contribution is 5.26. The van der Waals surface area contributed by atoms with E-state index in [0.29, 0.717) is 0 Å². The van der Waals surface area contributed by atoms with Gasteiger partial charge in [0, 0.05) is 37.2 Å². The summed E-state index contributed by atoms with van der Waals surface area (Å²) >= 11 is 0. The molecule has 0 saturated heterocycles. The number of nitrogens with zero attached hydrogens (tertiary/aromatic N) is 4. The van der Waals surface area contributed by atoms with Crippen LogP contribution in [-0.2, 0) is 13.6 Å². The van der Waals surface area contributed by atoms with Crippen LogP contribution in [0, 0.1) is 6.92 Å². The lowest BCUT2D eigenvalue weighted by atomic mass is 10.1. The van der Waals surface area contributed by atoms with Crippen molar-refractivity contribution >= 4 is 0 Å². The Kier molecular flexibility index (Phi) is 2.78. The van der Waals surface area contributed by atoms with Crippen LogP contribution >= 0.6 is 0 Å². The first kappa shape index (κ1) is 10.9. The number of aryl methyl sites for hydroxylation is 2. The zero-order chi connectivity index (χ0) is 11.7. The summed E-state index contributed by atoms with van der Waals surface area (Å²) in [5.41, 5.74) is 8.33. The van der Waals surface area contributed by atoms with E-state index in [1.807, 2.05) is 31.0 Å². The Morgan fingerprint density at radius 3 is 2.81 bits per heavy atom. The fourth-order valence-electron chi connectivity index (χ4n) is 1.83. The average Bonchev–Trinajstić information content (AvgIpc) is 2.86. The molecule has 0 saturated carbocycles. The van der Waals surface area contributed by atoms with Crippen LogP contribution in [0.3, 0.4) is 0 Å². The predicted octanol–water partition coefficient (Wildman–Crippen LogP) is 0.993. The summed E-state index contributed by atoms with van der Waals surface area (Å²) in [5, 5.41) is 4.20. The third-order valence-corrected chi connectivity index (χ3v) is 2.97. The average molecular weight is 219 g/mol. The van der Waals surface area contributed by atoms with Crippen molar-refractivity contribution in [2.45, 2.75) is 26.4 Å². The highest BCUT2D eigenvalue weighted by Gasteiger charge is 2.18. The number of hydrogen-bond acceptors (Lipinski definition) is 3. The van der Waals surface area contributed by atoms with Gasteiger partial charge in [0.05, 0.1) is 12.2 Å². The molecule has 2 aromatic rings. The first-order chi connectivity index (χ1) is 7.65. The van der Waals surface area contributed by atoms with Crippen molar-refractivity contribution < 1.29 is 0 Å². The van der Waals surface area contributed by atoms with Crippen molar-refractivity contribution in [2.75, 3.05) is 0 Å². The molecule has 0 aromatic carbocycles. The van der Waals surface area contributed by atoms with Gasteiger partial charge >= 0.3 is 0 Å². The van der Waals surface area contributed by atoms with Crippen LogP contribution in [0.1, 0.15) is 30.0 Å². The molecule has 2 rings (SSSR count). The molecule has 0 radical (unpaired) electrons. The lowest BCUT2D eigenvalue weighted by Gasteiger charge is -2.12. The molecule has 0 aliphatic rings. The van der Waals surface area contributed by atoms with E-state index in [2.05, 4.69) is 21.6 Å². The zero-order valence-electron chi connectivity index (χ0n) is 9.88. The molecule has 1 unspecified atom stereocenters. The molecular formula is C11H17N5. The quantitative estimate of drug-likeness (QED) is 0.837. The Morgan fingerprint density at radius 2 is 2.25 bits per heavy atom. The minimum Gasteiger partial charge on any atom is -0.334 e. The van der Waals surface area contributed by atoms with Crippen LogP contribution in [0.4, 0.5) is 0 Å². The van der Waals surface area contributed by atoms with Crippen LogP contribution < -0.4 is 5.73 Å². The summed E-state index contributed by atoms with van der Waals surface area (Å²) in [6.45, 7) is 4.97. The summed E-state index contributed by atoms with van der Waals surface area (Å²) in [4.78, 5) is 4.31. The van der Waals surface area contributed by atoms with Crippen molar-refractivity contribution in [3.05, 3.63) is 35.7 Å². The molecule has 86 valence electrons. The molecule has 0 spiro atoms. The van der Waals surface area contributed by atoms with E-state index in [-0.39, 0.29) is 6.04 Å². The fourth-order valence-corrected chi connectivity index (χ4v) is 1.83. The zero-order valence-corrected chi connectivity index (χ0v) is 9.88. The smallest absolute Gasteiger partial charge is 0.130 e. The second kappa shape index (κ2) is 4.09. The highest BCUT2D eigenvalue weighted by atomic mass is 15.3. The van der Waals surface area contributed by atoms with E-state index in [0.717, 1.165) is 23.6 Å². The van der Waals surface area contributed by atoms with Gasteiger partial charge < -0.3 is 10.3 Å². The minimum absolute atomic E-state index is 0.205. The number of hydrogen-bond donors (Lipinski definition) is 1. The van der Waals surface area contributed by atoms with Crippen molar-refractivity contribution in [3.63, 3.8) is 0 Å². The Labute approximate surface area is 94.9 Å². The van der Waals surface area contributed by atoms with Gasteiger partial charge in [0.25, 0.3) is 0 Å². The van der Waals surface area contributed by atoms with Gasteiger partial charge in [-0.3, -0.25) is 4.68 Å². The van der Waals surface area contributed by atoms with Gasteiger partial charge in [-0.2, -0.15) is 5.10 Å². The van der Waals surface area contributed by atoms with Crippen LogP contribution in [0.15, 0.2) is 18.6 Å². The molecule has 2 aromatic heterocycles. The lowest BCUT2D eigenvalue weighted by Crippen LogP contribution is -2.18. The second-order valence-corrected chi connectivity index (χ2v) is 3.86. The summed E-state index contributed by atoms with van der Waals surface area (Å²) in [5.74, 6) is 0.888. The van der Waals surface area contributed by atoms with E-state index >= 15 is 0 Å². The summed E-state index contributed by atoms with van der Waals surface area (Å²) in [7, 11) is 1.91. The highest BCUT2D eigenvalue weighted by Crippen LogP contribution is 2.20. The standard InChI is InChI=1S/C11H17N5/c1-4-16-6-5-13-11(16)10(12)9-7-14-15(3)8(9)2/h5-7,10H,4,12H2,1-3H3. The molecule has 0 aliphatic heterocycles. The molecule has 0 amide bonds. The predicted molar refractivity (Wildman–Crippen MR) is 61.9 cm³/mol. The molecule has 2 heterocycles. The van der Waals surface area contributed by atoms with Crippen LogP contribution in [-0.4, -0.2) is 19.3 Å². The van der Waals surface area contributed by atoms with Gasteiger partial charge in [-0.25, -0.2) is 4.98 Å². The summed E-state index contributed by atoms with van der Waals surface area (Å²) in [6.07, 6.45) is 5.54. The van der Waals surface area contributed by atoms with Crippen molar-refractivity contribution in [3.8, 4) is 0 Å². The molecule has 0 fully saturated rings. The maximum atomic E-state index is 6.21. The number of aromatic nitrogens is 4. The topological polar surface area (TPSA) is 61.7 Å². The Hall–Kier alpha value is -1.62. The first-order valence-corrected chi connectivity index (χ1v) is 5.40. The monoisotopic (exact) mass is 219 g/mol. The number of rotatable bonds is 3. The summed E-state index contributed by atoms with van der Waals surface area (Å²) in [6, 6.07) is -0.205. The van der Waals surface area contributed by atoms with Gasteiger partial charge in [-0.15, -0.1) is 0 Å². The largest absolute Gasteiger partial charge is 0.334 e. The molecule has 0 aliphatic carbocycles. The first-order valence-electron chi connectivity index (χ1n) is 5.40. The second-order valence-electron chi connectivity index (χ2n) is 3.86. The van der Waals surface area contributed by atoms with Gasteiger partial charge in [0.1, 0.15) is 5.82 Å². The Morgan fingerprint density at radius 1 is 1.50 bits per heavy atom. The molecule has 16 heavy (non-hydrogen) atoms. The maximum absolute atomic E-state index is 6.21. The number of imidazole rings is 1. The molecule has 0 bridgehead atoms. The SMILES string of the molecule is CCn1ccnc1C(N)c1cnn(C)c1C. The Bertz CT molecular complexity index is 482. The summed E-state index contributed by atoms with van der Waals surface area (Å²) < 4.78 is 3.88. The normalized spacial score (nSPS) is 13.0. The maximum Gasteiger partial charge on any atom is 0.130 e. The van der Waals surface area contributed by atoms with E-state index in [9.17, 15) is 0 Å². The van der Waals surface area contributed by atoms with Crippen LogP contribution in [0.2, 0.25) is 0 Å². The molecule has 5 heteroatoms. The molecular weight excluding hydrogens is 202 g/mol. The van der Waals surface area contributed by atoms with E-state index in [4.69, 9.17) is 5.73 Å². The number of nitrogens with two attached hydrogens (primary N) is 1.